The van der Waals surface area contributed by atoms with Gasteiger partial charge >= 0.3 is 0 Å². The number of anilines is 1. The largest absolute Gasteiger partial charge is 0.494 e. The van der Waals surface area contributed by atoms with Gasteiger partial charge in [-0.3, -0.25) is 14.0 Å². The normalized spacial score (nSPS) is 11.1. The maximum Gasteiger partial charge on any atom is 0.269 e. The van der Waals surface area contributed by atoms with Gasteiger partial charge < -0.3 is 14.8 Å². The predicted molar refractivity (Wildman–Crippen MR) is 133 cm³/mol. The average Bonchev–Trinajstić information content (AvgIpc) is 2.86. The Hall–Kier alpha value is -4.90. The van der Waals surface area contributed by atoms with E-state index in [1.54, 1.807) is 60.8 Å². The van der Waals surface area contributed by atoms with Gasteiger partial charge in [0.2, 0.25) is 5.88 Å². The number of ether oxygens (including phenoxy) is 2. The van der Waals surface area contributed by atoms with Crippen LogP contribution in [0.1, 0.15) is 18.1 Å². The van der Waals surface area contributed by atoms with Crippen LogP contribution in [0.2, 0.25) is 0 Å². The number of fused-ring (bicyclic) bond motifs is 1. The van der Waals surface area contributed by atoms with Crippen LogP contribution in [0, 0.1) is 18.3 Å². The third kappa shape index (κ3) is 5.37. The Kier molecular flexibility index (Phi) is 6.88. The lowest BCUT2D eigenvalue weighted by Crippen LogP contribution is -2.20. The van der Waals surface area contributed by atoms with Crippen molar-refractivity contribution < 1.29 is 14.3 Å². The molecule has 8 nitrogen and oxygen atoms in total. The SMILES string of the molecule is CCOc1ccc(NC(=O)C(C#N)=Cc2c(Oc3ccc(C)cc3)nc3ccccn3c2=O)cc1. The molecule has 4 aromatic rings. The fourth-order valence-corrected chi connectivity index (χ4v) is 3.29. The van der Waals surface area contributed by atoms with E-state index in [4.69, 9.17) is 9.47 Å². The number of aryl methyl sites for hydroxylation is 1. The number of carbonyl (C=O) groups excluding carboxylic acids is 1. The lowest BCUT2D eigenvalue weighted by atomic mass is 10.1. The van der Waals surface area contributed by atoms with Gasteiger partial charge in [-0.2, -0.15) is 10.2 Å². The van der Waals surface area contributed by atoms with Crippen molar-refractivity contribution in [3.63, 3.8) is 0 Å². The number of benzene rings is 2. The minimum absolute atomic E-state index is 0.00771. The molecule has 2 heterocycles. The summed E-state index contributed by atoms with van der Waals surface area (Å²) in [5, 5.41) is 12.4. The maximum absolute atomic E-state index is 13.3. The number of carbonyl (C=O) groups is 1. The Bertz CT molecular complexity index is 1500. The number of aromatic nitrogens is 2. The molecule has 0 radical (unpaired) electrons. The number of pyridine rings is 1. The maximum atomic E-state index is 13.3. The summed E-state index contributed by atoms with van der Waals surface area (Å²) >= 11 is 0. The summed E-state index contributed by atoms with van der Waals surface area (Å²) in [5.74, 6) is 0.451. The van der Waals surface area contributed by atoms with Crippen LogP contribution in [0.5, 0.6) is 17.4 Å². The van der Waals surface area contributed by atoms with Gasteiger partial charge in [0, 0.05) is 11.9 Å². The monoisotopic (exact) mass is 466 g/mol. The Morgan fingerprint density at radius 1 is 1.09 bits per heavy atom. The van der Waals surface area contributed by atoms with Crippen LogP contribution in [-0.2, 0) is 4.79 Å². The predicted octanol–water partition coefficient (Wildman–Crippen LogP) is 4.74. The van der Waals surface area contributed by atoms with Crippen molar-refractivity contribution in [2.45, 2.75) is 13.8 Å². The topological polar surface area (TPSA) is 106 Å². The van der Waals surface area contributed by atoms with Crippen molar-refractivity contribution in [3.8, 4) is 23.4 Å². The molecule has 2 aromatic heterocycles. The van der Waals surface area contributed by atoms with E-state index in [2.05, 4.69) is 10.3 Å². The molecule has 0 unspecified atom stereocenters. The number of hydrogen-bond acceptors (Lipinski definition) is 6. The van der Waals surface area contributed by atoms with Crippen LogP contribution in [-0.4, -0.2) is 21.9 Å². The molecule has 0 fully saturated rings. The second-order valence-corrected chi connectivity index (χ2v) is 7.56. The van der Waals surface area contributed by atoms with Crippen LogP contribution < -0.4 is 20.3 Å². The van der Waals surface area contributed by atoms with Crippen LogP contribution in [0.15, 0.2) is 83.3 Å². The fraction of sp³-hybridized carbons (Fsp3) is 0.111. The molecule has 0 saturated carbocycles. The third-order valence-corrected chi connectivity index (χ3v) is 5.05. The van der Waals surface area contributed by atoms with Gasteiger partial charge in [-0.15, -0.1) is 0 Å². The lowest BCUT2D eigenvalue weighted by Gasteiger charge is -2.11. The van der Waals surface area contributed by atoms with E-state index < -0.39 is 11.5 Å². The minimum atomic E-state index is -0.671. The molecule has 0 aliphatic carbocycles. The highest BCUT2D eigenvalue weighted by Crippen LogP contribution is 2.25. The summed E-state index contributed by atoms with van der Waals surface area (Å²) in [5.41, 5.74) is 1.12. The third-order valence-electron chi connectivity index (χ3n) is 5.05. The van der Waals surface area contributed by atoms with Crippen LogP contribution >= 0.6 is 0 Å². The molecular formula is C27H22N4O4. The van der Waals surface area contributed by atoms with Gasteiger partial charge in [0.15, 0.2) is 0 Å². The van der Waals surface area contributed by atoms with Crippen molar-refractivity contribution in [2.24, 2.45) is 0 Å². The van der Waals surface area contributed by atoms with Crippen molar-refractivity contribution in [3.05, 3.63) is 100.0 Å². The van der Waals surface area contributed by atoms with E-state index in [9.17, 15) is 14.9 Å². The Morgan fingerprint density at radius 2 is 1.80 bits per heavy atom. The van der Waals surface area contributed by atoms with E-state index in [0.29, 0.717) is 29.4 Å². The smallest absolute Gasteiger partial charge is 0.269 e. The minimum Gasteiger partial charge on any atom is -0.494 e. The van der Waals surface area contributed by atoms with Gasteiger partial charge in [-0.1, -0.05) is 23.8 Å². The summed E-state index contributed by atoms with van der Waals surface area (Å²) in [6, 6.07) is 21.0. The number of amides is 1. The summed E-state index contributed by atoms with van der Waals surface area (Å²) < 4.78 is 12.6. The van der Waals surface area contributed by atoms with Crippen LogP contribution in [0.25, 0.3) is 11.7 Å². The average molecular weight is 466 g/mol. The molecule has 1 N–H and O–H groups in total. The van der Waals surface area contributed by atoms with E-state index in [0.717, 1.165) is 5.56 Å². The first-order valence-electron chi connectivity index (χ1n) is 10.9. The highest BCUT2D eigenvalue weighted by molar-refractivity contribution is 6.09. The van der Waals surface area contributed by atoms with Gasteiger partial charge in [0.1, 0.15) is 34.4 Å². The van der Waals surface area contributed by atoms with Gasteiger partial charge in [0.05, 0.1) is 6.61 Å². The number of nitrogens with one attached hydrogen (secondary N) is 1. The summed E-state index contributed by atoms with van der Waals surface area (Å²) in [6.07, 6.45) is 2.76. The molecule has 0 saturated heterocycles. The van der Waals surface area contributed by atoms with E-state index in [1.807, 2.05) is 32.0 Å². The fourth-order valence-electron chi connectivity index (χ4n) is 3.29. The first-order chi connectivity index (χ1) is 17.0. The zero-order chi connectivity index (χ0) is 24.8. The molecule has 0 atom stereocenters. The zero-order valence-corrected chi connectivity index (χ0v) is 19.2. The number of nitriles is 1. The van der Waals surface area contributed by atoms with E-state index in [-0.39, 0.29) is 17.0 Å². The summed E-state index contributed by atoms with van der Waals surface area (Å²) in [7, 11) is 0. The number of rotatable bonds is 7. The number of hydrogen-bond donors (Lipinski definition) is 1. The molecule has 35 heavy (non-hydrogen) atoms. The van der Waals surface area contributed by atoms with Crippen molar-refractivity contribution >= 4 is 23.3 Å². The van der Waals surface area contributed by atoms with Crippen molar-refractivity contribution in [1.82, 2.24) is 9.38 Å². The molecule has 1 amide bonds. The Morgan fingerprint density at radius 3 is 2.49 bits per heavy atom. The molecular weight excluding hydrogens is 444 g/mol. The molecule has 0 spiro atoms. The van der Waals surface area contributed by atoms with Crippen LogP contribution in [0.4, 0.5) is 5.69 Å². The lowest BCUT2D eigenvalue weighted by molar-refractivity contribution is -0.112. The first kappa shape index (κ1) is 23.3. The van der Waals surface area contributed by atoms with E-state index in [1.165, 1.54) is 10.5 Å². The molecule has 8 heteroatoms. The Balaban J connectivity index is 1.72. The summed E-state index contributed by atoms with van der Waals surface area (Å²) in [4.78, 5) is 30.6. The quantitative estimate of drug-likeness (QED) is 0.312. The van der Waals surface area contributed by atoms with Gasteiger partial charge in [-0.05, 0) is 68.5 Å². The molecule has 0 aliphatic rings. The van der Waals surface area contributed by atoms with Crippen molar-refractivity contribution in [2.75, 3.05) is 11.9 Å². The number of nitrogens with zero attached hydrogens (tertiary/aromatic N) is 3. The van der Waals surface area contributed by atoms with Crippen LogP contribution in [0.3, 0.4) is 0 Å². The van der Waals surface area contributed by atoms with Gasteiger partial charge in [0.25, 0.3) is 11.5 Å². The Labute approximate surface area is 201 Å². The molecule has 0 aliphatic heterocycles. The summed E-state index contributed by atoms with van der Waals surface area (Å²) in [6.45, 7) is 4.34. The van der Waals surface area contributed by atoms with Crippen molar-refractivity contribution in [1.29, 1.82) is 5.26 Å². The molecule has 174 valence electrons. The second-order valence-electron chi connectivity index (χ2n) is 7.56. The molecule has 2 aromatic carbocycles. The highest BCUT2D eigenvalue weighted by atomic mass is 16.5. The first-order valence-corrected chi connectivity index (χ1v) is 10.9. The highest BCUT2D eigenvalue weighted by Gasteiger charge is 2.17. The standard InChI is InChI=1S/C27H22N4O4/c1-3-34-21-13-9-20(10-14-21)29-25(32)19(17-28)16-23-26(35-22-11-7-18(2)8-12-22)30-24-6-4-5-15-31(24)27(23)33/h4-16H,3H2,1-2H3,(H,29,32). The van der Waals surface area contributed by atoms with Gasteiger partial charge in [-0.25, -0.2) is 0 Å². The molecule has 0 bridgehead atoms. The molecule has 4 rings (SSSR count). The second kappa shape index (κ2) is 10.4. The van der Waals surface area contributed by atoms with E-state index >= 15 is 0 Å². The zero-order valence-electron chi connectivity index (χ0n) is 19.2.